The molecule has 1 aromatic carbocycles. The summed E-state index contributed by atoms with van der Waals surface area (Å²) in [7, 11) is 3.25. The lowest BCUT2D eigenvalue weighted by molar-refractivity contribution is 0.395. The van der Waals surface area contributed by atoms with E-state index in [1.54, 1.807) is 20.4 Å². The first-order chi connectivity index (χ1) is 10.5. The van der Waals surface area contributed by atoms with Crippen LogP contribution in [0.1, 0.15) is 19.4 Å². The highest BCUT2D eigenvalue weighted by molar-refractivity contribution is 5.63. The Bertz CT molecular complexity index is 622. The fourth-order valence-electron chi connectivity index (χ4n) is 1.91. The van der Waals surface area contributed by atoms with Crippen molar-refractivity contribution in [1.29, 1.82) is 0 Å². The summed E-state index contributed by atoms with van der Waals surface area (Å²) in [5.41, 5.74) is 1.80. The number of hydrogen-bond donors (Lipinski definition) is 2. The number of nitrogens with zero attached hydrogens (tertiary/aromatic N) is 2. The van der Waals surface area contributed by atoms with Crippen molar-refractivity contribution in [3.05, 3.63) is 30.0 Å². The lowest BCUT2D eigenvalue weighted by Gasteiger charge is -2.14. The van der Waals surface area contributed by atoms with Gasteiger partial charge in [0.1, 0.15) is 17.3 Å². The molecule has 0 saturated heterocycles. The van der Waals surface area contributed by atoms with Gasteiger partial charge in [0.2, 0.25) is 5.95 Å². The second-order valence-corrected chi connectivity index (χ2v) is 5.25. The number of ether oxygens (including phenoxy) is 2. The highest BCUT2D eigenvalue weighted by atomic mass is 16.5. The van der Waals surface area contributed by atoms with Crippen molar-refractivity contribution in [3.8, 4) is 11.5 Å². The molecule has 1 aromatic heterocycles. The summed E-state index contributed by atoms with van der Waals surface area (Å²) in [5.74, 6) is 2.77. The molecule has 0 fully saturated rings. The molecule has 118 valence electrons. The smallest absolute Gasteiger partial charge is 0.224 e. The van der Waals surface area contributed by atoms with E-state index < -0.39 is 0 Å². The number of anilines is 3. The van der Waals surface area contributed by atoms with Crippen LogP contribution in [0.5, 0.6) is 11.5 Å². The van der Waals surface area contributed by atoms with Crippen LogP contribution in [0.25, 0.3) is 0 Å². The Labute approximate surface area is 130 Å². The zero-order valence-electron chi connectivity index (χ0n) is 13.6. The molecule has 2 rings (SSSR count). The molecule has 2 N–H and O–H groups in total. The van der Waals surface area contributed by atoms with Crippen molar-refractivity contribution in [2.45, 2.75) is 26.8 Å². The molecule has 0 radical (unpaired) electrons. The number of hydrogen-bond acceptors (Lipinski definition) is 6. The summed E-state index contributed by atoms with van der Waals surface area (Å²) in [6, 6.07) is 5.87. The second kappa shape index (κ2) is 6.98. The van der Waals surface area contributed by atoms with Crippen LogP contribution in [-0.4, -0.2) is 30.2 Å². The molecule has 0 saturated carbocycles. The van der Waals surface area contributed by atoms with Crippen LogP contribution in [0.3, 0.4) is 0 Å². The van der Waals surface area contributed by atoms with Crippen LogP contribution >= 0.6 is 0 Å². The van der Waals surface area contributed by atoms with Gasteiger partial charge >= 0.3 is 0 Å². The Hall–Kier alpha value is -2.50. The maximum Gasteiger partial charge on any atom is 0.224 e. The maximum atomic E-state index is 5.28. The molecule has 0 aliphatic heterocycles. The summed E-state index contributed by atoms with van der Waals surface area (Å²) in [6.07, 6.45) is 1.79. The molecule has 0 atom stereocenters. The summed E-state index contributed by atoms with van der Waals surface area (Å²) < 4.78 is 10.6. The molecule has 0 bridgehead atoms. The Morgan fingerprint density at radius 3 is 2.23 bits per heavy atom. The van der Waals surface area contributed by atoms with Crippen LogP contribution < -0.4 is 20.1 Å². The minimum atomic E-state index is 0.271. The predicted molar refractivity (Wildman–Crippen MR) is 88.4 cm³/mol. The largest absolute Gasteiger partial charge is 0.497 e. The van der Waals surface area contributed by atoms with Crippen LogP contribution in [0.15, 0.2) is 24.4 Å². The van der Waals surface area contributed by atoms with Crippen LogP contribution in [0, 0.1) is 6.92 Å². The number of rotatable bonds is 6. The van der Waals surface area contributed by atoms with Gasteiger partial charge in [-0.2, -0.15) is 4.98 Å². The van der Waals surface area contributed by atoms with Crippen LogP contribution in [0.2, 0.25) is 0 Å². The molecule has 0 spiro atoms. The third-order valence-electron chi connectivity index (χ3n) is 3.00. The predicted octanol–water partition coefficient (Wildman–Crippen LogP) is 3.37. The highest BCUT2D eigenvalue weighted by Crippen LogP contribution is 2.28. The van der Waals surface area contributed by atoms with E-state index in [0.29, 0.717) is 17.4 Å². The van der Waals surface area contributed by atoms with Crippen LogP contribution in [-0.2, 0) is 0 Å². The van der Waals surface area contributed by atoms with Crippen molar-refractivity contribution in [3.63, 3.8) is 0 Å². The Kier molecular flexibility index (Phi) is 5.04. The normalized spacial score (nSPS) is 10.5. The lowest BCUT2D eigenvalue weighted by Crippen LogP contribution is -2.13. The third-order valence-corrected chi connectivity index (χ3v) is 3.00. The fourth-order valence-corrected chi connectivity index (χ4v) is 1.91. The first-order valence-electron chi connectivity index (χ1n) is 7.12. The number of methoxy groups -OCH3 is 2. The number of aryl methyl sites for hydroxylation is 1. The third kappa shape index (κ3) is 4.00. The SMILES string of the molecule is COc1cc(Nc2nc(NC(C)C)ncc2C)cc(OC)c1. The zero-order valence-corrected chi connectivity index (χ0v) is 13.6. The van der Waals surface area contributed by atoms with E-state index in [1.807, 2.05) is 39.0 Å². The van der Waals surface area contributed by atoms with Gasteiger partial charge in [-0.15, -0.1) is 0 Å². The molecule has 2 aromatic rings. The quantitative estimate of drug-likeness (QED) is 0.852. The number of aromatic nitrogens is 2. The average molecular weight is 302 g/mol. The first-order valence-corrected chi connectivity index (χ1v) is 7.12. The number of benzene rings is 1. The Balaban J connectivity index is 2.29. The Morgan fingerprint density at radius 1 is 1.05 bits per heavy atom. The fraction of sp³-hybridized carbons (Fsp3) is 0.375. The lowest BCUT2D eigenvalue weighted by atomic mass is 10.2. The topological polar surface area (TPSA) is 68.3 Å². The molecule has 0 unspecified atom stereocenters. The molecule has 6 nitrogen and oxygen atoms in total. The molecular weight excluding hydrogens is 280 g/mol. The molecular formula is C16H22N4O2. The maximum absolute atomic E-state index is 5.28. The molecule has 6 heteroatoms. The monoisotopic (exact) mass is 302 g/mol. The second-order valence-electron chi connectivity index (χ2n) is 5.25. The average Bonchev–Trinajstić information content (AvgIpc) is 2.49. The van der Waals surface area contributed by atoms with E-state index >= 15 is 0 Å². The zero-order chi connectivity index (χ0) is 16.1. The van der Waals surface area contributed by atoms with Gasteiger partial charge in [-0.05, 0) is 20.8 Å². The summed E-state index contributed by atoms with van der Waals surface area (Å²) in [5, 5.41) is 6.48. The standard InChI is InChI=1S/C16H22N4O2/c1-10(2)18-16-17-9-11(3)15(20-16)19-12-6-13(21-4)8-14(7-12)22-5/h6-10H,1-5H3,(H2,17,18,19,20). The van der Waals surface area contributed by atoms with Crippen molar-refractivity contribution in [1.82, 2.24) is 9.97 Å². The molecule has 0 aliphatic rings. The van der Waals surface area contributed by atoms with E-state index in [2.05, 4.69) is 20.6 Å². The van der Waals surface area contributed by atoms with E-state index in [0.717, 1.165) is 17.1 Å². The first kappa shape index (κ1) is 15.9. The van der Waals surface area contributed by atoms with Crippen molar-refractivity contribution >= 4 is 17.5 Å². The van der Waals surface area contributed by atoms with Gasteiger partial charge in [0.25, 0.3) is 0 Å². The van der Waals surface area contributed by atoms with Crippen molar-refractivity contribution in [2.24, 2.45) is 0 Å². The summed E-state index contributed by atoms with van der Waals surface area (Å²) >= 11 is 0. The molecule has 1 heterocycles. The Morgan fingerprint density at radius 2 is 1.68 bits per heavy atom. The summed E-state index contributed by atoms with van der Waals surface area (Å²) in [4.78, 5) is 8.78. The van der Waals surface area contributed by atoms with E-state index in [1.165, 1.54) is 0 Å². The van der Waals surface area contributed by atoms with Gasteiger partial charge in [0.15, 0.2) is 0 Å². The van der Waals surface area contributed by atoms with E-state index in [9.17, 15) is 0 Å². The summed E-state index contributed by atoms with van der Waals surface area (Å²) in [6.45, 7) is 6.05. The van der Waals surface area contributed by atoms with Gasteiger partial charge < -0.3 is 20.1 Å². The van der Waals surface area contributed by atoms with E-state index in [4.69, 9.17) is 9.47 Å². The van der Waals surface area contributed by atoms with Crippen molar-refractivity contribution < 1.29 is 9.47 Å². The van der Waals surface area contributed by atoms with Gasteiger partial charge in [-0.25, -0.2) is 4.98 Å². The minimum absolute atomic E-state index is 0.271. The molecule has 22 heavy (non-hydrogen) atoms. The van der Waals surface area contributed by atoms with Gasteiger partial charge in [0, 0.05) is 41.7 Å². The molecule has 0 aliphatic carbocycles. The number of nitrogens with one attached hydrogen (secondary N) is 2. The van der Waals surface area contributed by atoms with Gasteiger partial charge in [-0.3, -0.25) is 0 Å². The molecule has 0 amide bonds. The van der Waals surface area contributed by atoms with Gasteiger partial charge in [-0.1, -0.05) is 0 Å². The van der Waals surface area contributed by atoms with Gasteiger partial charge in [0.05, 0.1) is 14.2 Å². The van der Waals surface area contributed by atoms with E-state index in [-0.39, 0.29) is 6.04 Å². The van der Waals surface area contributed by atoms with Crippen LogP contribution in [0.4, 0.5) is 17.5 Å². The highest BCUT2D eigenvalue weighted by Gasteiger charge is 2.07. The van der Waals surface area contributed by atoms with Crippen molar-refractivity contribution in [2.75, 3.05) is 24.9 Å². The minimum Gasteiger partial charge on any atom is -0.497 e.